The largest absolute Gasteiger partial charge is 0.250 e. The maximum Gasteiger partial charge on any atom is 0.0690 e. The predicted molar refractivity (Wildman–Crippen MR) is 34.3 cm³/mol. The number of rotatable bonds is 2. The van der Waals surface area contributed by atoms with Crippen LogP contribution >= 0.6 is 0 Å². The maximum atomic E-state index is 10.1. The Labute approximate surface area is 68.2 Å². The van der Waals surface area contributed by atoms with Crippen molar-refractivity contribution in [1.82, 2.24) is 0 Å². The van der Waals surface area contributed by atoms with Gasteiger partial charge in [0.2, 0.25) is 0 Å². The summed E-state index contributed by atoms with van der Waals surface area (Å²) in [4.78, 5) is 0. The van der Waals surface area contributed by atoms with Gasteiger partial charge in [0.15, 0.2) is 0 Å². The molecule has 0 aliphatic heterocycles. The summed E-state index contributed by atoms with van der Waals surface area (Å²) in [7, 11) is -1.01. The van der Waals surface area contributed by atoms with Gasteiger partial charge in [-0.05, 0) is 10.8 Å². The van der Waals surface area contributed by atoms with Crippen LogP contribution in [0.25, 0.3) is 0 Å². The van der Waals surface area contributed by atoms with E-state index in [0.717, 1.165) is 0 Å². The van der Waals surface area contributed by atoms with E-state index in [9.17, 15) is 4.21 Å². The van der Waals surface area contributed by atoms with Gasteiger partial charge < -0.3 is 0 Å². The van der Waals surface area contributed by atoms with Crippen LogP contribution in [0.2, 0.25) is 0 Å². The molecule has 1 radical (unpaired) electrons. The third-order valence-corrected chi connectivity index (χ3v) is 0.986. The van der Waals surface area contributed by atoms with Gasteiger partial charge in [-0.1, -0.05) is 13.2 Å². The van der Waals surface area contributed by atoms with E-state index in [0.29, 0.717) is 0 Å². The van der Waals surface area contributed by atoms with Crippen molar-refractivity contribution in [3.05, 3.63) is 24.0 Å². The molecule has 7 heavy (non-hydrogen) atoms. The minimum atomic E-state index is -1.01. The molecule has 0 saturated heterocycles. The second kappa shape index (κ2) is 6.63. The molecule has 3 heteroatoms. The SMILES string of the molecule is C=CS(=O)C=C.[Na]. The molecule has 0 unspecified atom stereocenters. The Kier molecular flexibility index (Phi) is 10.0. The molecule has 1 nitrogen and oxygen atoms in total. The number of hydrogen-bond donors (Lipinski definition) is 0. The standard InChI is InChI=1S/C4H6OS.Na/c1-3-6(5)4-2;/h3-4H,1-2H2;. The van der Waals surface area contributed by atoms with Crippen LogP contribution in [0.4, 0.5) is 0 Å². The summed E-state index contributed by atoms with van der Waals surface area (Å²) in [6, 6.07) is 0. The van der Waals surface area contributed by atoms with Crippen molar-refractivity contribution in [2.75, 3.05) is 0 Å². The molecule has 0 rings (SSSR count). The fourth-order valence-corrected chi connectivity index (χ4v) is 0.204. The van der Waals surface area contributed by atoms with Gasteiger partial charge in [0.05, 0.1) is 10.8 Å². The molecule has 35 valence electrons. The monoisotopic (exact) mass is 125 g/mol. The van der Waals surface area contributed by atoms with Crippen LogP contribution < -0.4 is 0 Å². The zero-order chi connectivity index (χ0) is 4.99. The maximum absolute atomic E-state index is 10.1. The summed E-state index contributed by atoms with van der Waals surface area (Å²) in [6.45, 7) is 6.52. The molecule has 0 aliphatic rings. The Morgan fingerprint density at radius 3 is 1.57 bits per heavy atom. The molecule has 0 fully saturated rings. The number of hydrogen-bond acceptors (Lipinski definition) is 1. The van der Waals surface area contributed by atoms with Gasteiger partial charge in [0.25, 0.3) is 0 Å². The van der Waals surface area contributed by atoms with Crippen LogP contribution in [-0.4, -0.2) is 33.8 Å². The van der Waals surface area contributed by atoms with Crippen LogP contribution in [0, 0.1) is 0 Å². The van der Waals surface area contributed by atoms with E-state index >= 15 is 0 Å². The first-order valence-electron chi connectivity index (χ1n) is 1.45. The van der Waals surface area contributed by atoms with E-state index < -0.39 is 10.8 Å². The topological polar surface area (TPSA) is 17.1 Å². The Balaban J connectivity index is 0. The van der Waals surface area contributed by atoms with Crippen LogP contribution in [-0.2, 0) is 10.8 Å². The Bertz CT molecular complexity index is 79.7. The Morgan fingerprint density at radius 1 is 1.29 bits per heavy atom. The first-order valence-corrected chi connectivity index (χ1v) is 2.73. The smallest absolute Gasteiger partial charge is 0.0690 e. The van der Waals surface area contributed by atoms with Crippen molar-refractivity contribution in [3.8, 4) is 0 Å². The fourth-order valence-electron chi connectivity index (χ4n) is 0.0680. The summed E-state index contributed by atoms with van der Waals surface area (Å²) in [6.07, 6.45) is 0. The Morgan fingerprint density at radius 2 is 1.57 bits per heavy atom. The molecule has 0 atom stereocenters. The van der Waals surface area contributed by atoms with Gasteiger partial charge in [-0.3, -0.25) is 4.21 Å². The summed E-state index contributed by atoms with van der Waals surface area (Å²) in [5.74, 6) is 0. The second-order valence-corrected chi connectivity index (χ2v) is 1.99. The summed E-state index contributed by atoms with van der Waals surface area (Å²) >= 11 is 0. The first kappa shape index (κ1) is 10.6. The van der Waals surface area contributed by atoms with Crippen molar-refractivity contribution in [1.29, 1.82) is 0 Å². The molecule has 0 aliphatic carbocycles. The van der Waals surface area contributed by atoms with Crippen LogP contribution in [0.3, 0.4) is 0 Å². The summed E-state index contributed by atoms with van der Waals surface area (Å²) in [5.41, 5.74) is 0. The molecule has 0 heterocycles. The summed E-state index contributed by atoms with van der Waals surface area (Å²) in [5, 5.41) is 2.65. The molecule has 0 aromatic carbocycles. The first-order chi connectivity index (χ1) is 2.81. The second-order valence-electron chi connectivity index (χ2n) is 0.662. The van der Waals surface area contributed by atoms with E-state index in [1.165, 1.54) is 10.8 Å². The molecule has 0 spiro atoms. The molecular weight excluding hydrogens is 119 g/mol. The van der Waals surface area contributed by atoms with Crippen molar-refractivity contribution in [3.63, 3.8) is 0 Å². The Hall–Kier alpha value is 0.630. The van der Waals surface area contributed by atoms with Crippen molar-refractivity contribution in [2.45, 2.75) is 0 Å². The third kappa shape index (κ3) is 6.63. The van der Waals surface area contributed by atoms with Crippen LogP contribution in [0.1, 0.15) is 0 Å². The predicted octanol–water partition coefficient (Wildman–Crippen LogP) is 0.641. The molecule has 0 aromatic rings. The molecule has 0 aromatic heterocycles. The molecule has 0 amide bonds. The normalized spacial score (nSPS) is 7.00. The molecular formula is C4H6NaOS. The molecule has 0 bridgehead atoms. The van der Waals surface area contributed by atoms with Crippen LogP contribution in [0.15, 0.2) is 24.0 Å². The zero-order valence-electron chi connectivity index (χ0n) is 4.39. The molecule has 0 saturated carbocycles. The fraction of sp³-hybridized carbons (Fsp3) is 0. The average Bonchev–Trinajstić information content (AvgIpc) is 1.65. The summed E-state index contributed by atoms with van der Waals surface area (Å²) < 4.78 is 10.1. The van der Waals surface area contributed by atoms with Crippen LogP contribution in [0.5, 0.6) is 0 Å². The minimum Gasteiger partial charge on any atom is -0.250 e. The van der Waals surface area contributed by atoms with E-state index in [-0.39, 0.29) is 29.6 Å². The van der Waals surface area contributed by atoms with Crippen molar-refractivity contribution < 1.29 is 4.21 Å². The van der Waals surface area contributed by atoms with E-state index in [4.69, 9.17) is 0 Å². The van der Waals surface area contributed by atoms with Gasteiger partial charge in [-0.25, -0.2) is 0 Å². The van der Waals surface area contributed by atoms with Gasteiger partial charge in [-0.2, -0.15) is 0 Å². The molecule has 0 N–H and O–H groups in total. The van der Waals surface area contributed by atoms with E-state index in [1.807, 2.05) is 0 Å². The van der Waals surface area contributed by atoms with Crippen molar-refractivity contribution in [2.24, 2.45) is 0 Å². The van der Waals surface area contributed by atoms with E-state index in [2.05, 4.69) is 13.2 Å². The zero-order valence-corrected chi connectivity index (χ0v) is 7.20. The van der Waals surface area contributed by atoms with Crippen molar-refractivity contribution >= 4 is 40.4 Å². The van der Waals surface area contributed by atoms with Gasteiger partial charge in [0, 0.05) is 29.6 Å². The van der Waals surface area contributed by atoms with Gasteiger partial charge in [0.1, 0.15) is 0 Å². The van der Waals surface area contributed by atoms with Gasteiger partial charge in [-0.15, -0.1) is 0 Å². The van der Waals surface area contributed by atoms with E-state index in [1.54, 1.807) is 0 Å². The van der Waals surface area contributed by atoms with Gasteiger partial charge >= 0.3 is 0 Å². The quantitative estimate of drug-likeness (QED) is 0.495. The third-order valence-electron chi connectivity index (χ3n) is 0.329. The average molecular weight is 125 g/mol. The minimum absolute atomic E-state index is 0.